The third-order valence-corrected chi connectivity index (χ3v) is 3.52. The van der Waals surface area contributed by atoms with Gasteiger partial charge in [0.1, 0.15) is 9.21 Å². The van der Waals surface area contributed by atoms with Gasteiger partial charge in [0.05, 0.1) is 18.8 Å². The highest BCUT2D eigenvalue weighted by Gasteiger charge is 2.25. The van der Waals surface area contributed by atoms with E-state index in [2.05, 4.69) is 0 Å². The average Bonchev–Trinajstić information content (AvgIpc) is 2.55. The number of rotatable bonds is 4. The lowest BCUT2D eigenvalue weighted by atomic mass is 10.2. The molecule has 1 rings (SSSR count). The lowest BCUT2D eigenvalue weighted by Crippen LogP contribution is -2.08. The standard InChI is InChI=1S/C11H13ClO4S/c1-4-15-10(13)7-6(3)8(17-9(7)12)11(14)16-5-2/h4-5H2,1-3H3. The van der Waals surface area contributed by atoms with Crippen molar-refractivity contribution in [2.45, 2.75) is 20.8 Å². The van der Waals surface area contributed by atoms with Crippen molar-refractivity contribution >= 4 is 34.9 Å². The van der Waals surface area contributed by atoms with E-state index in [1.807, 2.05) is 0 Å². The molecule has 1 aromatic rings. The monoisotopic (exact) mass is 276 g/mol. The summed E-state index contributed by atoms with van der Waals surface area (Å²) in [5.41, 5.74) is 0.762. The Kier molecular flexibility index (Phi) is 4.96. The highest BCUT2D eigenvalue weighted by Crippen LogP contribution is 2.33. The lowest BCUT2D eigenvalue weighted by molar-refractivity contribution is 0.0526. The van der Waals surface area contributed by atoms with Crippen LogP contribution in [-0.4, -0.2) is 25.2 Å². The zero-order valence-electron chi connectivity index (χ0n) is 9.83. The molecule has 0 amide bonds. The minimum atomic E-state index is -0.512. The van der Waals surface area contributed by atoms with Gasteiger partial charge in [0.15, 0.2) is 0 Å². The minimum Gasteiger partial charge on any atom is -0.462 e. The van der Waals surface area contributed by atoms with E-state index in [1.165, 1.54) is 0 Å². The van der Waals surface area contributed by atoms with Crippen LogP contribution in [0.5, 0.6) is 0 Å². The number of carbonyl (C=O) groups is 2. The highest BCUT2D eigenvalue weighted by molar-refractivity contribution is 7.18. The van der Waals surface area contributed by atoms with Gasteiger partial charge < -0.3 is 9.47 Å². The molecule has 0 saturated heterocycles. The third kappa shape index (κ3) is 2.98. The van der Waals surface area contributed by atoms with Crippen LogP contribution in [-0.2, 0) is 9.47 Å². The summed E-state index contributed by atoms with van der Waals surface area (Å²) in [6, 6.07) is 0. The fourth-order valence-electron chi connectivity index (χ4n) is 1.31. The molecule has 0 aliphatic heterocycles. The summed E-state index contributed by atoms with van der Waals surface area (Å²) in [7, 11) is 0. The molecule has 0 unspecified atom stereocenters. The molecule has 0 bridgehead atoms. The maximum Gasteiger partial charge on any atom is 0.348 e. The number of hydrogen-bond donors (Lipinski definition) is 0. The van der Waals surface area contributed by atoms with Gasteiger partial charge in [-0.25, -0.2) is 9.59 Å². The Balaban J connectivity index is 3.09. The summed E-state index contributed by atoms with van der Waals surface area (Å²) in [6.07, 6.45) is 0. The third-order valence-electron chi connectivity index (χ3n) is 2.04. The summed E-state index contributed by atoms with van der Waals surface area (Å²) >= 11 is 6.97. The molecular formula is C11H13ClO4S. The van der Waals surface area contributed by atoms with Gasteiger partial charge in [0, 0.05) is 0 Å². The molecular weight excluding hydrogens is 264 g/mol. The minimum absolute atomic E-state index is 0.251. The van der Waals surface area contributed by atoms with E-state index in [0.717, 1.165) is 11.3 Å². The van der Waals surface area contributed by atoms with Gasteiger partial charge in [-0.05, 0) is 26.3 Å². The van der Waals surface area contributed by atoms with E-state index in [0.29, 0.717) is 10.4 Å². The summed E-state index contributed by atoms with van der Waals surface area (Å²) in [6.45, 7) is 5.62. The van der Waals surface area contributed by atoms with E-state index in [1.54, 1.807) is 20.8 Å². The number of carbonyl (C=O) groups excluding carboxylic acids is 2. The predicted molar refractivity (Wildman–Crippen MR) is 66.0 cm³/mol. The summed E-state index contributed by atoms with van der Waals surface area (Å²) < 4.78 is 10.0. The van der Waals surface area contributed by atoms with Gasteiger partial charge in [0.2, 0.25) is 0 Å². The second-order valence-electron chi connectivity index (χ2n) is 3.15. The molecule has 0 radical (unpaired) electrons. The van der Waals surface area contributed by atoms with Crippen molar-refractivity contribution in [2.24, 2.45) is 0 Å². The molecule has 1 heterocycles. The molecule has 0 aliphatic carbocycles. The van der Waals surface area contributed by atoms with Crippen LogP contribution >= 0.6 is 22.9 Å². The van der Waals surface area contributed by atoms with Crippen LogP contribution < -0.4 is 0 Å². The molecule has 0 N–H and O–H groups in total. The molecule has 0 aromatic carbocycles. The zero-order valence-corrected chi connectivity index (χ0v) is 11.4. The normalized spacial score (nSPS) is 10.1. The van der Waals surface area contributed by atoms with E-state index in [4.69, 9.17) is 21.1 Å². The van der Waals surface area contributed by atoms with Gasteiger partial charge in [-0.3, -0.25) is 0 Å². The maximum absolute atomic E-state index is 11.6. The molecule has 4 nitrogen and oxygen atoms in total. The first-order valence-corrected chi connectivity index (χ1v) is 6.35. The quantitative estimate of drug-likeness (QED) is 0.793. The van der Waals surface area contributed by atoms with Crippen molar-refractivity contribution in [3.05, 3.63) is 20.3 Å². The number of ether oxygens (including phenoxy) is 2. The fraction of sp³-hybridized carbons (Fsp3) is 0.455. The second kappa shape index (κ2) is 6.02. The Morgan fingerprint density at radius 2 is 1.71 bits per heavy atom. The van der Waals surface area contributed by atoms with Crippen LogP contribution in [0.3, 0.4) is 0 Å². The lowest BCUT2D eigenvalue weighted by Gasteiger charge is -2.02. The first-order chi connectivity index (χ1) is 8.02. The Hall–Kier alpha value is -1.07. The molecule has 0 aliphatic rings. The highest BCUT2D eigenvalue weighted by atomic mass is 35.5. The zero-order chi connectivity index (χ0) is 13.0. The summed E-state index contributed by atoms with van der Waals surface area (Å²) in [5.74, 6) is -0.978. The smallest absolute Gasteiger partial charge is 0.348 e. The molecule has 0 spiro atoms. The van der Waals surface area contributed by atoms with Crippen LogP contribution in [0.25, 0.3) is 0 Å². The van der Waals surface area contributed by atoms with Crippen LogP contribution in [0.4, 0.5) is 0 Å². The van der Waals surface area contributed by atoms with Crippen LogP contribution in [0.2, 0.25) is 4.34 Å². The average molecular weight is 277 g/mol. The van der Waals surface area contributed by atoms with E-state index in [9.17, 15) is 9.59 Å². The number of hydrogen-bond acceptors (Lipinski definition) is 5. The molecule has 6 heteroatoms. The molecule has 0 atom stereocenters. The fourth-order valence-corrected chi connectivity index (χ4v) is 2.67. The topological polar surface area (TPSA) is 52.6 Å². The molecule has 1 aromatic heterocycles. The Morgan fingerprint density at radius 1 is 1.18 bits per heavy atom. The predicted octanol–water partition coefficient (Wildman–Crippen LogP) is 3.06. The van der Waals surface area contributed by atoms with E-state index >= 15 is 0 Å². The van der Waals surface area contributed by atoms with E-state index in [-0.39, 0.29) is 23.1 Å². The molecule has 94 valence electrons. The van der Waals surface area contributed by atoms with E-state index < -0.39 is 11.9 Å². The van der Waals surface area contributed by atoms with Crippen molar-refractivity contribution < 1.29 is 19.1 Å². The molecule has 0 fully saturated rings. The van der Waals surface area contributed by atoms with Crippen molar-refractivity contribution in [1.29, 1.82) is 0 Å². The molecule has 0 saturated carbocycles. The van der Waals surface area contributed by atoms with Crippen molar-refractivity contribution in [3.63, 3.8) is 0 Å². The second-order valence-corrected chi connectivity index (χ2v) is 4.77. The first kappa shape index (κ1) is 14.0. The Labute approximate surface area is 108 Å². The van der Waals surface area contributed by atoms with Crippen molar-refractivity contribution in [3.8, 4) is 0 Å². The largest absolute Gasteiger partial charge is 0.462 e. The van der Waals surface area contributed by atoms with Crippen LogP contribution in [0.1, 0.15) is 39.4 Å². The summed E-state index contributed by atoms with van der Waals surface area (Å²) in [5, 5.41) is 0. The van der Waals surface area contributed by atoms with Gasteiger partial charge in [-0.2, -0.15) is 0 Å². The maximum atomic E-state index is 11.6. The van der Waals surface area contributed by atoms with Gasteiger partial charge >= 0.3 is 11.9 Å². The Bertz CT molecular complexity index is 439. The SMILES string of the molecule is CCOC(=O)c1sc(Cl)c(C(=O)OCC)c1C. The van der Waals surface area contributed by atoms with Crippen LogP contribution in [0.15, 0.2) is 0 Å². The van der Waals surface area contributed by atoms with Crippen LogP contribution in [0, 0.1) is 6.92 Å². The van der Waals surface area contributed by atoms with Gasteiger partial charge in [-0.1, -0.05) is 11.6 Å². The number of halogens is 1. The van der Waals surface area contributed by atoms with Gasteiger partial charge in [0.25, 0.3) is 0 Å². The molecule has 17 heavy (non-hydrogen) atoms. The van der Waals surface area contributed by atoms with Crippen molar-refractivity contribution in [1.82, 2.24) is 0 Å². The van der Waals surface area contributed by atoms with Crippen molar-refractivity contribution in [2.75, 3.05) is 13.2 Å². The first-order valence-electron chi connectivity index (χ1n) is 5.16. The number of esters is 2. The summed E-state index contributed by atoms with van der Waals surface area (Å²) in [4.78, 5) is 23.6. The van der Waals surface area contributed by atoms with Gasteiger partial charge in [-0.15, -0.1) is 11.3 Å². The Morgan fingerprint density at radius 3 is 2.24 bits per heavy atom. The number of thiophene rings is 1.